The Bertz CT molecular complexity index is 1500. The van der Waals surface area contributed by atoms with E-state index in [1.54, 1.807) is 18.8 Å². The second-order valence-electron chi connectivity index (χ2n) is 8.99. The Labute approximate surface area is 213 Å². The lowest BCUT2D eigenvalue weighted by atomic mass is 9.97. The number of aryl methyl sites for hydroxylation is 4. The van der Waals surface area contributed by atoms with E-state index in [-0.39, 0.29) is 18.8 Å². The van der Waals surface area contributed by atoms with Gasteiger partial charge in [0.15, 0.2) is 11.5 Å². The summed E-state index contributed by atoms with van der Waals surface area (Å²) >= 11 is 0. The number of amides is 2. The van der Waals surface area contributed by atoms with E-state index in [1.165, 1.54) is 4.57 Å². The minimum atomic E-state index is -0.993. The molecule has 0 unspecified atom stereocenters. The molecule has 1 aromatic heterocycles. The third-order valence-corrected chi connectivity index (χ3v) is 6.54. The van der Waals surface area contributed by atoms with Crippen LogP contribution in [0.2, 0.25) is 0 Å². The highest BCUT2D eigenvalue weighted by atomic mass is 16.5. The number of fused-ring (bicyclic) bond motifs is 3. The molecule has 37 heavy (non-hydrogen) atoms. The molecule has 0 saturated heterocycles. The molecule has 0 aliphatic carbocycles. The molecule has 2 aromatic carbocycles. The molecule has 0 saturated carbocycles. The van der Waals surface area contributed by atoms with Crippen LogP contribution in [0.15, 0.2) is 45.4 Å². The molecule has 11 nitrogen and oxygen atoms in total. The van der Waals surface area contributed by atoms with E-state index in [2.05, 4.69) is 5.29 Å². The molecule has 0 bridgehead atoms. The summed E-state index contributed by atoms with van der Waals surface area (Å²) in [5.41, 5.74) is 11.6. The second kappa shape index (κ2) is 10.3. The van der Waals surface area contributed by atoms with Gasteiger partial charge in [-0.15, -0.1) is 4.91 Å². The van der Waals surface area contributed by atoms with Crippen LogP contribution in [-0.2, 0) is 19.5 Å². The van der Waals surface area contributed by atoms with Gasteiger partial charge in [-0.05, 0) is 56.0 Å². The molecule has 194 valence electrons. The number of hydrogen-bond acceptors (Lipinski definition) is 7. The fourth-order valence-electron chi connectivity index (χ4n) is 4.81. The van der Waals surface area contributed by atoms with Crippen LogP contribution in [0.3, 0.4) is 0 Å². The van der Waals surface area contributed by atoms with Crippen LogP contribution in [0.25, 0.3) is 11.3 Å². The lowest BCUT2D eigenvalue weighted by Gasteiger charge is -2.25. The van der Waals surface area contributed by atoms with E-state index < -0.39 is 6.03 Å². The van der Waals surface area contributed by atoms with Gasteiger partial charge in [0.2, 0.25) is 0 Å². The third kappa shape index (κ3) is 4.84. The summed E-state index contributed by atoms with van der Waals surface area (Å²) < 4.78 is 14.1. The first-order valence-corrected chi connectivity index (χ1v) is 11.8. The Morgan fingerprint density at radius 3 is 2.30 bits per heavy atom. The Kier molecular flexibility index (Phi) is 7.14. The number of carbonyl (C=O) groups excluding carboxylic acids is 1. The predicted molar refractivity (Wildman–Crippen MR) is 139 cm³/mol. The molecular formula is C26H30N6O5. The lowest BCUT2D eigenvalue weighted by molar-refractivity contribution is 0.206. The number of primary amides is 1. The molecule has 2 heterocycles. The summed E-state index contributed by atoms with van der Waals surface area (Å²) in [6.45, 7) is 6.19. The van der Waals surface area contributed by atoms with Crippen LogP contribution in [0.1, 0.15) is 22.3 Å². The normalized spacial score (nSPS) is 12.5. The zero-order chi connectivity index (χ0) is 26.9. The topological polar surface area (TPSA) is 134 Å². The number of aromatic nitrogens is 2. The van der Waals surface area contributed by atoms with Crippen LogP contribution in [0, 0.1) is 25.7 Å². The number of hydrogen-bond donors (Lipinski definition) is 1. The predicted octanol–water partition coefficient (Wildman–Crippen LogP) is 3.11. The smallest absolute Gasteiger partial charge is 0.337 e. The van der Waals surface area contributed by atoms with Crippen molar-refractivity contribution in [3.05, 3.63) is 73.5 Å². The number of rotatable bonds is 7. The number of nitrogens with zero attached hydrogens (tertiary/aromatic N) is 5. The lowest BCUT2D eigenvalue weighted by Crippen LogP contribution is -2.44. The fraction of sp³-hybridized carbons (Fsp3) is 0.346. The maximum absolute atomic E-state index is 13.8. The Hall–Kier alpha value is -4.41. The minimum Gasteiger partial charge on any atom is -0.493 e. The van der Waals surface area contributed by atoms with Crippen molar-refractivity contribution in [2.75, 3.05) is 20.8 Å². The van der Waals surface area contributed by atoms with Crippen LogP contribution < -0.4 is 26.4 Å². The maximum atomic E-state index is 13.8. The van der Waals surface area contributed by atoms with Gasteiger partial charge in [0.25, 0.3) is 0 Å². The number of nitroso groups, excluding NO2 is 1. The Morgan fingerprint density at radius 1 is 1.05 bits per heavy atom. The van der Waals surface area contributed by atoms with Gasteiger partial charge in [-0.2, -0.15) is 5.01 Å². The average Bonchev–Trinajstić information content (AvgIpc) is 2.86. The monoisotopic (exact) mass is 506 g/mol. The van der Waals surface area contributed by atoms with Crippen molar-refractivity contribution in [3.63, 3.8) is 0 Å². The number of urea groups is 1. The third-order valence-electron chi connectivity index (χ3n) is 6.54. The van der Waals surface area contributed by atoms with Gasteiger partial charge < -0.3 is 15.2 Å². The highest BCUT2D eigenvalue weighted by Gasteiger charge is 2.23. The van der Waals surface area contributed by atoms with E-state index in [9.17, 15) is 14.5 Å². The number of ether oxygens (including phenoxy) is 2. The van der Waals surface area contributed by atoms with Gasteiger partial charge in [0.1, 0.15) is 5.49 Å². The summed E-state index contributed by atoms with van der Waals surface area (Å²) in [6.07, 6.45) is 0.610. The van der Waals surface area contributed by atoms with Gasteiger partial charge in [-0.3, -0.25) is 9.13 Å². The van der Waals surface area contributed by atoms with E-state index in [1.807, 2.05) is 51.1 Å². The zero-order valence-corrected chi connectivity index (χ0v) is 21.6. The van der Waals surface area contributed by atoms with Crippen LogP contribution in [0.4, 0.5) is 10.5 Å². The SMILES string of the molecule is COc1cc2c(cc1OC)-c1cc(=Nc3c(C)cc(C)cc3C)n(CCN(N=O)C(N)=O)c(=O)n1CC2. The highest BCUT2D eigenvalue weighted by Crippen LogP contribution is 2.37. The molecule has 11 heteroatoms. The van der Waals surface area contributed by atoms with Gasteiger partial charge in [0.05, 0.1) is 37.4 Å². The van der Waals surface area contributed by atoms with E-state index >= 15 is 0 Å². The summed E-state index contributed by atoms with van der Waals surface area (Å²) in [6, 6.07) is 8.69. The van der Waals surface area contributed by atoms with Crippen LogP contribution in [-0.4, -0.2) is 40.9 Å². The molecule has 2 N–H and O–H groups in total. The quantitative estimate of drug-likeness (QED) is 0.388. The van der Waals surface area contributed by atoms with Crippen molar-refractivity contribution in [1.82, 2.24) is 14.1 Å². The molecule has 0 fully saturated rings. The van der Waals surface area contributed by atoms with Gasteiger partial charge in [0, 0.05) is 24.7 Å². The molecule has 2 amide bonds. The van der Waals surface area contributed by atoms with Crippen molar-refractivity contribution in [2.24, 2.45) is 16.0 Å². The van der Waals surface area contributed by atoms with E-state index in [4.69, 9.17) is 20.2 Å². The van der Waals surface area contributed by atoms with Crippen molar-refractivity contribution >= 4 is 11.7 Å². The molecule has 0 radical (unpaired) electrons. The number of methoxy groups -OCH3 is 2. The summed E-state index contributed by atoms with van der Waals surface area (Å²) in [7, 11) is 3.15. The second-order valence-corrected chi connectivity index (χ2v) is 8.99. The largest absolute Gasteiger partial charge is 0.493 e. The van der Waals surface area contributed by atoms with E-state index in [0.717, 1.165) is 33.5 Å². The maximum Gasteiger partial charge on any atom is 0.337 e. The van der Waals surface area contributed by atoms with Crippen molar-refractivity contribution in [1.29, 1.82) is 0 Å². The highest BCUT2D eigenvalue weighted by molar-refractivity contribution is 5.71. The molecule has 3 aromatic rings. The van der Waals surface area contributed by atoms with Gasteiger partial charge in [-0.25, -0.2) is 14.6 Å². The average molecular weight is 507 g/mol. The summed E-state index contributed by atoms with van der Waals surface area (Å²) in [5.74, 6) is 1.17. The molecule has 0 spiro atoms. The zero-order valence-electron chi connectivity index (χ0n) is 21.6. The fourth-order valence-corrected chi connectivity index (χ4v) is 4.81. The number of benzene rings is 2. The van der Waals surface area contributed by atoms with Gasteiger partial charge in [-0.1, -0.05) is 17.7 Å². The van der Waals surface area contributed by atoms with E-state index in [0.29, 0.717) is 40.7 Å². The Morgan fingerprint density at radius 2 is 1.70 bits per heavy atom. The van der Waals surface area contributed by atoms with Crippen molar-refractivity contribution in [2.45, 2.75) is 40.3 Å². The molecule has 4 rings (SSSR count). The first-order chi connectivity index (χ1) is 17.7. The summed E-state index contributed by atoms with van der Waals surface area (Å²) in [4.78, 5) is 41.3. The minimum absolute atomic E-state index is 0.0185. The first-order valence-electron chi connectivity index (χ1n) is 11.8. The molecule has 1 aliphatic rings. The standard InChI is InChI=1S/C26H30N6O5/c1-15-10-16(2)24(17(3)11-15)28-23-14-20-19-13-22(37-5)21(36-4)12-18(19)6-7-30(20)26(34)31(23)8-9-32(29-35)25(27)33/h10-14H,6-9H2,1-5H3,(H2,27,33). The van der Waals surface area contributed by atoms with Crippen molar-refractivity contribution in [3.8, 4) is 22.8 Å². The number of nitrogens with two attached hydrogens (primary N) is 1. The first kappa shape index (κ1) is 25.7. The van der Waals surface area contributed by atoms with Crippen LogP contribution in [0.5, 0.6) is 11.5 Å². The van der Waals surface area contributed by atoms with Crippen LogP contribution >= 0.6 is 0 Å². The Balaban J connectivity index is 1.99. The number of carbonyl (C=O) groups is 1. The molecular weight excluding hydrogens is 476 g/mol. The molecule has 0 atom stereocenters. The molecule has 1 aliphatic heterocycles. The summed E-state index contributed by atoms with van der Waals surface area (Å²) in [5, 5.41) is 3.25. The van der Waals surface area contributed by atoms with Crippen molar-refractivity contribution < 1.29 is 14.3 Å². The van der Waals surface area contributed by atoms with Gasteiger partial charge >= 0.3 is 11.7 Å².